The lowest BCUT2D eigenvalue weighted by Crippen LogP contribution is -2.43. The van der Waals surface area contributed by atoms with Gasteiger partial charge in [-0.25, -0.2) is 9.59 Å². The minimum Gasteiger partial charge on any atom is -0.480 e. The number of hydrogen-bond acceptors (Lipinski definition) is 3. The van der Waals surface area contributed by atoms with E-state index in [-0.39, 0.29) is 0 Å². The summed E-state index contributed by atoms with van der Waals surface area (Å²) in [6, 6.07) is 9.13. The first kappa shape index (κ1) is 18.0. The van der Waals surface area contributed by atoms with Crippen LogP contribution in [0.3, 0.4) is 0 Å². The second-order valence-electron chi connectivity index (χ2n) is 6.27. The fourth-order valence-corrected chi connectivity index (χ4v) is 2.03. The molecule has 0 heterocycles. The van der Waals surface area contributed by atoms with Gasteiger partial charge >= 0.3 is 12.1 Å². The van der Waals surface area contributed by atoms with Gasteiger partial charge in [-0.2, -0.15) is 0 Å². The van der Waals surface area contributed by atoms with E-state index in [1.807, 2.05) is 30.3 Å². The molecule has 1 aromatic rings. The fraction of sp³-hybridized carbons (Fsp3) is 0.529. The number of benzene rings is 1. The maximum absolute atomic E-state index is 11.6. The number of carboxylic acid groups (broad SMARTS) is 1. The highest BCUT2D eigenvalue weighted by molar-refractivity contribution is 5.79. The Balaban J connectivity index is 2.35. The third-order valence-electron chi connectivity index (χ3n) is 3.04. The van der Waals surface area contributed by atoms with Crippen molar-refractivity contribution in [2.75, 3.05) is 0 Å². The van der Waals surface area contributed by atoms with Crippen LogP contribution in [0.15, 0.2) is 30.3 Å². The summed E-state index contributed by atoms with van der Waals surface area (Å²) < 4.78 is 5.08. The van der Waals surface area contributed by atoms with Gasteiger partial charge in [-0.15, -0.1) is 0 Å². The number of ether oxygens (including phenoxy) is 1. The second kappa shape index (κ2) is 8.41. The van der Waals surface area contributed by atoms with Crippen LogP contribution >= 0.6 is 0 Å². The molecule has 0 bridgehead atoms. The van der Waals surface area contributed by atoms with Crippen LogP contribution < -0.4 is 5.32 Å². The SMILES string of the molecule is CC(C)(C)OC(=O)N[C@@H](CCCCc1ccccc1)C(=O)O. The zero-order valence-electron chi connectivity index (χ0n) is 13.5. The van der Waals surface area contributed by atoms with Gasteiger partial charge < -0.3 is 15.2 Å². The number of aliphatic carboxylic acids is 1. The van der Waals surface area contributed by atoms with E-state index < -0.39 is 23.7 Å². The highest BCUT2D eigenvalue weighted by atomic mass is 16.6. The summed E-state index contributed by atoms with van der Waals surface area (Å²) in [5.41, 5.74) is 0.593. The number of amides is 1. The molecular formula is C17H25NO4. The maximum Gasteiger partial charge on any atom is 0.408 e. The van der Waals surface area contributed by atoms with E-state index in [2.05, 4.69) is 5.32 Å². The monoisotopic (exact) mass is 307 g/mol. The molecule has 0 saturated carbocycles. The highest BCUT2D eigenvalue weighted by Crippen LogP contribution is 2.10. The van der Waals surface area contributed by atoms with E-state index in [1.54, 1.807) is 20.8 Å². The number of alkyl carbamates (subject to hydrolysis) is 1. The zero-order valence-corrected chi connectivity index (χ0v) is 13.5. The average Bonchev–Trinajstić information content (AvgIpc) is 2.41. The van der Waals surface area contributed by atoms with Gasteiger partial charge in [0.25, 0.3) is 0 Å². The Labute approximate surface area is 131 Å². The number of hydrogen-bond donors (Lipinski definition) is 2. The molecule has 2 N–H and O–H groups in total. The molecule has 122 valence electrons. The highest BCUT2D eigenvalue weighted by Gasteiger charge is 2.23. The van der Waals surface area contributed by atoms with Gasteiger partial charge in [0.2, 0.25) is 0 Å². The lowest BCUT2D eigenvalue weighted by atomic mass is 10.0. The van der Waals surface area contributed by atoms with Crippen LogP contribution in [0.25, 0.3) is 0 Å². The van der Waals surface area contributed by atoms with Crippen LogP contribution in [0.4, 0.5) is 4.79 Å². The second-order valence-corrected chi connectivity index (χ2v) is 6.27. The zero-order chi connectivity index (χ0) is 16.6. The van der Waals surface area contributed by atoms with Crippen molar-refractivity contribution in [2.24, 2.45) is 0 Å². The number of carbonyl (C=O) groups excluding carboxylic acids is 1. The molecule has 5 heteroatoms. The van der Waals surface area contributed by atoms with Gasteiger partial charge in [-0.3, -0.25) is 0 Å². The van der Waals surface area contributed by atoms with Crippen LogP contribution in [-0.4, -0.2) is 28.8 Å². The van der Waals surface area contributed by atoms with Crippen molar-refractivity contribution < 1.29 is 19.4 Å². The first-order valence-corrected chi connectivity index (χ1v) is 7.54. The minimum atomic E-state index is -1.04. The van der Waals surface area contributed by atoms with E-state index in [0.717, 1.165) is 19.3 Å². The summed E-state index contributed by atoms with van der Waals surface area (Å²) >= 11 is 0. The van der Waals surface area contributed by atoms with Crippen LogP contribution in [0.1, 0.15) is 45.6 Å². The molecule has 0 fully saturated rings. The lowest BCUT2D eigenvalue weighted by Gasteiger charge is -2.22. The Bertz CT molecular complexity index is 479. The Morgan fingerprint density at radius 1 is 1.18 bits per heavy atom. The van der Waals surface area contributed by atoms with E-state index in [0.29, 0.717) is 6.42 Å². The smallest absolute Gasteiger partial charge is 0.408 e. The third-order valence-corrected chi connectivity index (χ3v) is 3.04. The molecule has 0 aliphatic rings. The summed E-state index contributed by atoms with van der Waals surface area (Å²) in [5.74, 6) is -1.04. The molecule has 1 amide bonds. The molecule has 0 saturated heterocycles. The van der Waals surface area contributed by atoms with Crippen molar-refractivity contribution in [1.82, 2.24) is 5.32 Å². The standard InChI is InChI=1S/C17H25NO4/c1-17(2,3)22-16(21)18-14(15(19)20)12-8-7-11-13-9-5-4-6-10-13/h4-6,9-10,14H,7-8,11-12H2,1-3H3,(H,18,21)(H,19,20)/t14-/m0/s1. The first-order chi connectivity index (χ1) is 10.3. The molecule has 1 atom stereocenters. The Morgan fingerprint density at radius 2 is 1.82 bits per heavy atom. The van der Waals surface area contributed by atoms with E-state index in [4.69, 9.17) is 9.84 Å². The van der Waals surface area contributed by atoms with Gasteiger partial charge in [0.05, 0.1) is 0 Å². The number of rotatable bonds is 7. The van der Waals surface area contributed by atoms with Crippen LogP contribution in [0, 0.1) is 0 Å². The summed E-state index contributed by atoms with van der Waals surface area (Å²) in [6.07, 6.45) is 2.20. The van der Waals surface area contributed by atoms with Gasteiger partial charge in [0, 0.05) is 0 Å². The summed E-state index contributed by atoms with van der Waals surface area (Å²) in [4.78, 5) is 22.8. The Morgan fingerprint density at radius 3 is 2.36 bits per heavy atom. The largest absolute Gasteiger partial charge is 0.480 e. The molecule has 0 spiro atoms. The van der Waals surface area contributed by atoms with Crippen LogP contribution in [-0.2, 0) is 16.0 Å². The molecule has 0 unspecified atom stereocenters. The van der Waals surface area contributed by atoms with Crippen molar-refractivity contribution in [1.29, 1.82) is 0 Å². The lowest BCUT2D eigenvalue weighted by molar-refractivity contribution is -0.139. The van der Waals surface area contributed by atoms with Crippen molar-refractivity contribution in [3.05, 3.63) is 35.9 Å². The summed E-state index contributed by atoms with van der Waals surface area (Å²) in [7, 11) is 0. The quantitative estimate of drug-likeness (QED) is 0.757. The molecule has 0 aromatic heterocycles. The molecule has 1 aromatic carbocycles. The van der Waals surface area contributed by atoms with Gasteiger partial charge in [0.15, 0.2) is 0 Å². The molecule has 0 aliphatic heterocycles. The van der Waals surface area contributed by atoms with E-state index in [1.165, 1.54) is 5.56 Å². The predicted octanol–water partition coefficient (Wildman–Crippen LogP) is 3.38. The number of carboxylic acids is 1. The number of aryl methyl sites for hydroxylation is 1. The van der Waals surface area contributed by atoms with Gasteiger partial charge in [-0.1, -0.05) is 36.8 Å². The van der Waals surface area contributed by atoms with Crippen molar-refractivity contribution in [2.45, 2.75) is 58.1 Å². The average molecular weight is 307 g/mol. The first-order valence-electron chi connectivity index (χ1n) is 7.54. The normalized spacial score (nSPS) is 12.5. The fourth-order valence-electron chi connectivity index (χ4n) is 2.03. The number of unbranched alkanes of at least 4 members (excludes halogenated alkanes) is 1. The van der Waals surface area contributed by atoms with E-state index in [9.17, 15) is 9.59 Å². The maximum atomic E-state index is 11.6. The van der Waals surface area contributed by atoms with Crippen molar-refractivity contribution in [3.63, 3.8) is 0 Å². The van der Waals surface area contributed by atoms with E-state index >= 15 is 0 Å². The van der Waals surface area contributed by atoms with Crippen molar-refractivity contribution >= 4 is 12.1 Å². The molecule has 22 heavy (non-hydrogen) atoms. The van der Waals surface area contributed by atoms with Gasteiger partial charge in [-0.05, 0) is 45.6 Å². The molecule has 5 nitrogen and oxygen atoms in total. The summed E-state index contributed by atoms with van der Waals surface area (Å²) in [5, 5.41) is 11.6. The Hall–Kier alpha value is -2.04. The number of carbonyl (C=O) groups is 2. The van der Waals surface area contributed by atoms with Gasteiger partial charge in [0.1, 0.15) is 11.6 Å². The van der Waals surface area contributed by atoms with Crippen molar-refractivity contribution in [3.8, 4) is 0 Å². The van der Waals surface area contributed by atoms with Crippen LogP contribution in [0.2, 0.25) is 0 Å². The topological polar surface area (TPSA) is 75.6 Å². The molecule has 0 aliphatic carbocycles. The number of nitrogens with one attached hydrogen (secondary N) is 1. The predicted molar refractivity (Wildman–Crippen MR) is 84.8 cm³/mol. The van der Waals surface area contributed by atoms with Crippen LogP contribution in [0.5, 0.6) is 0 Å². The third kappa shape index (κ3) is 7.67. The Kier molecular flexibility index (Phi) is 6.89. The molecule has 0 radical (unpaired) electrons. The molecule has 1 rings (SSSR count). The minimum absolute atomic E-state index is 0.390. The summed E-state index contributed by atoms with van der Waals surface area (Å²) in [6.45, 7) is 5.21. The molecular weight excluding hydrogens is 282 g/mol.